The Kier molecular flexibility index (Phi) is 8.73. The number of anilines is 2. The second-order valence-corrected chi connectivity index (χ2v) is 7.39. The minimum atomic E-state index is -0.316. The molecule has 2 aromatic carbocycles. The van der Waals surface area contributed by atoms with Crippen molar-refractivity contribution in [3.05, 3.63) is 52.5 Å². The van der Waals surface area contributed by atoms with Crippen molar-refractivity contribution in [3.8, 4) is 5.75 Å². The van der Waals surface area contributed by atoms with Gasteiger partial charge < -0.3 is 15.0 Å². The fourth-order valence-electron chi connectivity index (χ4n) is 2.69. The van der Waals surface area contributed by atoms with Crippen LogP contribution in [0.25, 0.3) is 0 Å². The summed E-state index contributed by atoms with van der Waals surface area (Å²) < 4.78 is 6.39. The Morgan fingerprint density at radius 1 is 1.11 bits per heavy atom. The first-order valence-electron chi connectivity index (χ1n) is 9.33. The Bertz CT molecular complexity index is 808. The van der Waals surface area contributed by atoms with Crippen LogP contribution < -0.4 is 20.3 Å². The number of nitrogens with one attached hydrogen (secondary N) is 2. The lowest BCUT2D eigenvalue weighted by Gasteiger charge is -2.21. The summed E-state index contributed by atoms with van der Waals surface area (Å²) in [5, 5.41) is 5.89. The third kappa shape index (κ3) is 6.49. The van der Waals surface area contributed by atoms with Gasteiger partial charge in [0.25, 0.3) is 5.91 Å². The molecule has 0 bridgehead atoms. The third-order valence-corrected chi connectivity index (χ3v) is 5.09. The van der Waals surface area contributed by atoms with Gasteiger partial charge in [0, 0.05) is 24.5 Å². The van der Waals surface area contributed by atoms with Crippen LogP contribution in [0, 0.1) is 0 Å². The number of aryl methyl sites for hydroxylation is 1. The molecule has 0 atom stereocenters. The highest BCUT2D eigenvalue weighted by atomic mass is 79.9. The molecule has 0 aliphatic rings. The van der Waals surface area contributed by atoms with Crippen molar-refractivity contribution in [2.24, 2.45) is 0 Å². The van der Waals surface area contributed by atoms with Crippen molar-refractivity contribution in [2.75, 3.05) is 29.9 Å². The third-order valence-electron chi connectivity index (χ3n) is 4.27. The summed E-state index contributed by atoms with van der Waals surface area (Å²) in [4.78, 5) is 14.3. The summed E-state index contributed by atoms with van der Waals surface area (Å²) in [7, 11) is 0. The van der Waals surface area contributed by atoms with E-state index in [0.29, 0.717) is 5.75 Å². The van der Waals surface area contributed by atoms with Crippen LogP contribution in [-0.4, -0.2) is 30.7 Å². The molecule has 0 unspecified atom stereocenters. The molecule has 0 saturated carbocycles. The number of rotatable bonds is 8. The second kappa shape index (κ2) is 11.0. The number of amides is 1. The first-order chi connectivity index (χ1) is 13.5. The minimum absolute atomic E-state index is 0.118. The van der Waals surface area contributed by atoms with E-state index in [1.165, 1.54) is 5.56 Å². The van der Waals surface area contributed by atoms with Crippen molar-refractivity contribution in [1.29, 1.82) is 0 Å². The highest BCUT2D eigenvalue weighted by Crippen LogP contribution is 2.26. The molecule has 7 heteroatoms. The van der Waals surface area contributed by atoms with E-state index in [2.05, 4.69) is 52.2 Å². The van der Waals surface area contributed by atoms with Crippen LogP contribution >= 0.6 is 28.1 Å². The lowest BCUT2D eigenvalue weighted by atomic mass is 10.2. The smallest absolute Gasteiger partial charge is 0.264 e. The number of hydrogen-bond donors (Lipinski definition) is 2. The van der Waals surface area contributed by atoms with E-state index in [9.17, 15) is 4.79 Å². The standard InChI is InChI=1S/C21H26BrN3O2S/c1-4-15-7-12-19(18(22)13-15)27-14-20(26)24-21(28)23-16-8-10-17(11-9-16)25(5-2)6-3/h7-13H,4-6,14H2,1-3H3,(H2,23,24,26,28). The molecule has 2 N–H and O–H groups in total. The Labute approximate surface area is 180 Å². The molecule has 2 rings (SSSR count). The van der Waals surface area contributed by atoms with Crippen LogP contribution in [0.15, 0.2) is 46.9 Å². The monoisotopic (exact) mass is 463 g/mol. The van der Waals surface area contributed by atoms with Crippen molar-refractivity contribution in [1.82, 2.24) is 5.32 Å². The summed E-state index contributed by atoms with van der Waals surface area (Å²) in [6, 6.07) is 13.8. The predicted molar refractivity (Wildman–Crippen MR) is 123 cm³/mol. The molecule has 28 heavy (non-hydrogen) atoms. The Balaban J connectivity index is 1.83. The summed E-state index contributed by atoms with van der Waals surface area (Å²) in [5.74, 6) is 0.307. The van der Waals surface area contributed by atoms with Gasteiger partial charge in [-0.15, -0.1) is 0 Å². The van der Waals surface area contributed by atoms with Crippen molar-refractivity contribution >= 4 is 50.5 Å². The van der Waals surface area contributed by atoms with Gasteiger partial charge in [0.2, 0.25) is 0 Å². The highest BCUT2D eigenvalue weighted by molar-refractivity contribution is 9.10. The number of thiocarbonyl (C=S) groups is 1. The van der Waals surface area contributed by atoms with Gasteiger partial charge in [0.15, 0.2) is 11.7 Å². The van der Waals surface area contributed by atoms with Crippen molar-refractivity contribution in [3.63, 3.8) is 0 Å². The van der Waals surface area contributed by atoms with Crippen molar-refractivity contribution < 1.29 is 9.53 Å². The topological polar surface area (TPSA) is 53.6 Å². The van der Waals surface area contributed by atoms with E-state index in [4.69, 9.17) is 17.0 Å². The average molecular weight is 464 g/mol. The molecule has 0 spiro atoms. The average Bonchev–Trinajstić information content (AvgIpc) is 2.69. The maximum atomic E-state index is 12.1. The number of halogens is 1. The van der Waals surface area contributed by atoms with Crippen LogP contribution in [0.4, 0.5) is 11.4 Å². The van der Waals surface area contributed by atoms with E-state index in [-0.39, 0.29) is 17.6 Å². The van der Waals surface area contributed by atoms with Gasteiger partial charge in [-0.2, -0.15) is 0 Å². The molecule has 0 aromatic heterocycles. The first-order valence-corrected chi connectivity index (χ1v) is 10.5. The maximum Gasteiger partial charge on any atom is 0.264 e. The molecule has 0 fully saturated rings. The first kappa shape index (κ1) is 22.2. The molecule has 5 nitrogen and oxygen atoms in total. The summed E-state index contributed by atoms with van der Waals surface area (Å²) in [6.45, 7) is 8.12. The van der Waals surface area contributed by atoms with E-state index in [1.807, 2.05) is 42.5 Å². The lowest BCUT2D eigenvalue weighted by molar-refractivity contribution is -0.121. The van der Waals surface area contributed by atoms with E-state index < -0.39 is 0 Å². The molecule has 150 valence electrons. The molecule has 2 aromatic rings. The zero-order valence-corrected chi connectivity index (χ0v) is 18.8. The Morgan fingerprint density at radius 3 is 2.36 bits per heavy atom. The van der Waals surface area contributed by atoms with Gasteiger partial charge in [-0.1, -0.05) is 13.0 Å². The Morgan fingerprint density at radius 2 is 1.79 bits per heavy atom. The summed E-state index contributed by atoms with van der Waals surface area (Å²) in [6.07, 6.45) is 0.940. The van der Waals surface area contributed by atoms with Crippen LogP contribution in [0.1, 0.15) is 26.3 Å². The van der Waals surface area contributed by atoms with E-state index in [1.54, 1.807) is 0 Å². The van der Waals surface area contributed by atoms with Gasteiger partial charge in [-0.3, -0.25) is 10.1 Å². The zero-order chi connectivity index (χ0) is 20.5. The Hall–Kier alpha value is -2.12. The molecular weight excluding hydrogens is 438 g/mol. The molecule has 0 saturated heterocycles. The van der Waals surface area contributed by atoms with Crippen LogP contribution in [0.3, 0.4) is 0 Å². The number of nitrogens with zero attached hydrogens (tertiary/aromatic N) is 1. The van der Waals surface area contributed by atoms with E-state index >= 15 is 0 Å². The molecule has 1 amide bonds. The number of ether oxygens (including phenoxy) is 1. The van der Waals surface area contributed by atoms with E-state index in [0.717, 1.165) is 35.4 Å². The number of hydrogen-bond acceptors (Lipinski definition) is 4. The number of carbonyl (C=O) groups is 1. The zero-order valence-electron chi connectivity index (χ0n) is 16.4. The maximum absolute atomic E-state index is 12.1. The van der Waals surface area contributed by atoms with Gasteiger partial charge in [0.1, 0.15) is 5.75 Å². The van der Waals surface area contributed by atoms with Crippen LogP contribution in [0.5, 0.6) is 5.75 Å². The minimum Gasteiger partial charge on any atom is -0.483 e. The SMILES string of the molecule is CCc1ccc(OCC(=O)NC(=S)Nc2ccc(N(CC)CC)cc2)c(Br)c1. The lowest BCUT2D eigenvalue weighted by Crippen LogP contribution is -2.37. The van der Waals surface area contributed by atoms with Crippen LogP contribution in [0.2, 0.25) is 0 Å². The fraction of sp³-hybridized carbons (Fsp3) is 0.333. The van der Waals surface area contributed by atoms with Crippen molar-refractivity contribution in [2.45, 2.75) is 27.2 Å². The highest BCUT2D eigenvalue weighted by Gasteiger charge is 2.09. The van der Waals surface area contributed by atoms with Gasteiger partial charge in [-0.25, -0.2) is 0 Å². The molecule has 0 heterocycles. The van der Waals surface area contributed by atoms with Gasteiger partial charge in [0.05, 0.1) is 4.47 Å². The summed E-state index contributed by atoms with van der Waals surface area (Å²) in [5.41, 5.74) is 3.17. The second-order valence-electron chi connectivity index (χ2n) is 6.13. The molecule has 0 aliphatic carbocycles. The quantitative estimate of drug-likeness (QED) is 0.553. The predicted octanol–water partition coefficient (Wildman–Crippen LogP) is 4.75. The van der Waals surface area contributed by atoms with Gasteiger partial charge in [-0.05, 0) is 90.4 Å². The summed E-state index contributed by atoms with van der Waals surface area (Å²) >= 11 is 8.67. The molecule has 0 radical (unpaired) electrons. The normalized spacial score (nSPS) is 10.3. The van der Waals surface area contributed by atoms with Gasteiger partial charge >= 0.3 is 0 Å². The van der Waals surface area contributed by atoms with Crippen LogP contribution in [-0.2, 0) is 11.2 Å². The molecular formula is C21H26BrN3O2S. The number of benzene rings is 2. The number of carbonyl (C=O) groups excluding carboxylic acids is 1. The largest absolute Gasteiger partial charge is 0.483 e. The fourth-order valence-corrected chi connectivity index (χ4v) is 3.47. The molecule has 0 aliphatic heterocycles.